The molecular weight excluding hydrogens is 212 g/mol. The van der Waals surface area contributed by atoms with Crippen LogP contribution >= 0.6 is 0 Å². The van der Waals surface area contributed by atoms with E-state index in [4.69, 9.17) is 4.74 Å². The number of pyridine rings is 1. The van der Waals surface area contributed by atoms with Crippen molar-refractivity contribution in [3.63, 3.8) is 0 Å². The lowest BCUT2D eigenvalue weighted by atomic mass is 10.1. The van der Waals surface area contributed by atoms with E-state index in [1.807, 2.05) is 6.07 Å². The van der Waals surface area contributed by atoms with Crippen LogP contribution in [0, 0.1) is 5.92 Å². The smallest absolute Gasteiger partial charge is 0.218 e. The summed E-state index contributed by atoms with van der Waals surface area (Å²) in [6.07, 6.45) is 3.11. The molecule has 17 heavy (non-hydrogen) atoms. The van der Waals surface area contributed by atoms with Crippen LogP contribution in [0.1, 0.15) is 39.7 Å². The molecule has 1 aromatic heterocycles. The average Bonchev–Trinajstić information content (AvgIpc) is 2.31. The Morgan fingerprint density at radius 2 is 2.12 bits per heavy atom. The molecule has 0 amide bonds. The number of nitrogens with zero attached hydrogens (tertiary/aromatic N) is 1. The summed E-state index contributed by atoms with van der Waals surface area (Å²) in [5.41, 5.74) is 1.13. The fourth-order valence-electron chi connectivity index (χ4n) is 1.38. The first-order chi connectivity index (χ1) is 8.15. The van der Waals surface area contributed by atoms with Gasteiger partial charge in [-0.25, -0.2) is 4.98 Å². The highest BCUT2D eigenvalue weighted by atomic mass is 16.5. The van der Waals surface area contributed by atoms with Crippen molar-refractivity contribution < 1.29 is 4.74 Å². The third-order valence-electron chi connectivity index (χ3n) is 2.83. The van der Waals surface area contributed by atoms with Crippen LogP contribution in [-0.2, 0) is 6.54 Å². The molecule has 0 fully saturated rings. The lowest BCUT2D eigenvalue weighted by Crippen LogP contribution is -2.21. The molecule has 0 aromatic carbocycles. The largest absolute Gasteiger partial charge is 0.474 e. The molecule has 1 N–H and O–H groups in total. The minimum atomic E-state index is 0.190. The van der Waals surface area contributed by atoms with E-state index < -0.39 is 0 Å². The lowest BCUT2D eigenvalue weighted by molar-refractivity contribution is 0.161. The minimum Gasteiger partial charge on any atom is -0.474 e. The van der Waals surface area contributed by atoms with Crippen LogP contribution in [0.25, 0.3) is 0 Å². The molecule has 1 aromatic rings. The zero-order chi connectivity index (χ0) is 12.7. The molecule has 1 heterocycles. The summed E-state index contributed by atoms with van der Waals surface area (Å²) < 4.78 is 5.89. The summed E-state index contributed by atoms with van der Waals surface area (Å²) in [5.74, 6) is 1.26. The highest BCUT2D eigenvalue weighted by molar-refractivity contribution is 5.25. The van der Waals surface area contributed by atoms with E-state index in [0.717, 1.165) is 31.0 Å². The Bertz CT molecular complexity index is 326. The van der Waals surface area contributed by atoms with E-state index in [9.17, 15) is 0 Å². The van der Waals surface area contributed by atoms with Crippen molar-refractivity contribution in [2.24, 2.45) is 5.92 Å². The number of rotatable bonds is 7. The first kappa shape index (κ1) is 14.0. The first-order valence-electron chi connectivity index (χ1n) is 6.46. The van der Waals surface area contributed by atoms with Crippen molar-refractivity contribution >= 4 is 0 Å². The quantitative estimate of drug-likeness (QED) is 0.739. The van der Waals surface area contributed by atoms with Crippen molar-refractivity contribution in [2.75, 3.05) is 6.54 Å². The van der Waals surface area contributed by atoms with Crippen LogP contribution in [0.15, 0.2) is 18.3 Å². The van der Waals surface area contributed by atoms with Crippen molar-refractivity contribution in [1.29, 1.82) is 0 Å². The highest BCUT2D eigenvalue weighted by Gasteiger charge is 2.12. The normalized spacial score (nSPS) is 12.8. The van der Waals surface area contributed by atoms with Gasteiger partial charge in [-0.15, -0.1) is 0 Å². The third-order valence-corrected chi connectivity index (χ3v) is 2.83. The van der Waals surface area contributed by atoms with Gasteiger partial charge in [-0.2, -0.15) is 0 Å². The van der Waals surface area contributed by atoms with E-state index in [1.54, 1.807) is 6.20 Å². The van der Waals surface area contributed by atoms with Gasteiger partial charge in [-0.3, -0.25) is 0 Å². The topological polar surface area (TPSA) is 34.2 Å². The van der Waals surface area contributed by atoms with Gasteiger partial charge in [0, 0.05) is 18.3 Å². The SMILES string of the molecule is CCCNCc1cccnc1OC(C)C(C)C. The van der Waals surface area contributed by atoms with Gasteiger partial charge in [0.2, 0.25) is 5.88 Å². The Kier molecular flexibility index (Phi) is 5.98. The summed E-state index contributed by atoms with van der Waals surface area (Å²) in [4.78, 5) is 4.32. The number of ether oxygens (including phenoxy) is 1. The second kappa shape index (κ2) is 7.28. The summed E-state index contributed by atoms with van der Waals surface area (Å²) in [6, 6.07) is 4.02. The molecule has 1 unspecified atom stereocenters. The lowest BCUT2D eigenvalue weighted by Gasteiger charge is -2.19. The molecule has 0 bridgehead atoms. The zero-order valence-corrected chi connectivity index (χ0v) is 11.4. The Balaban J connectivity index is 2.63. The van der Waals surface area contributed by atoms with Gasteiger partial charge < -0.3 is 10.1 Å². The van der Waals surface area contributed by atoms with Gasteiger partial charge in [-0.1, -0.05) is 26.8 Å². The predicted octanol–water partition coefficient (Wildman–Crippen LogP) is 3.00. The Morgan fingerprint density at radius 1 is 1.35 bits per heavy atom. The molecule has 0 spiro atoms. The molecule has 3 heteroatoms. The van der Waals surface area contributed by atoms with Gasteiger partial charge in [-0.05, 0) is 31.9 Å². The summed E-state index contributed by atoms with van der Waals surface area (Å²) >= 11 is 0. The average molecular weight is 236 g/mol. The molecule has 0 saturated carbocycles. The van der Waals surface area contributed by atoms with Crippen molar-refractivity contribution in [1.82, 2.24) is 10.3 Å². The maximum absolute atomic E-state index is 5.89. The fraction of sp³-hybridized carbons (Fsp3) is 0.643. The van der Waals surface area contributed by atoms with Crippen molar-refractivity contribution in [3.8, 4) is 5.88 Å². The number of nitrogens with one attached hydrogen (secondary N) is 1. The van der Waals surface area contributed by atoms with Gasteiger partial charge in [0.1, 0.15) is 0 Å². The third kappa shape index (κ3) is 4.73. The molecule has 0 saturated heterocycles. The number of hydrogen-bond donors (Lipinski definition) is 1. The Hall–Kier alpha value is -1.09. The molecule has 1 rings (SSSR count). The number of aromatic nitrogens is 1. The van der Waals surface area contributed by atoms with E-state index in [2.05, 4.69) is 44.1 Å². The van der Waals surface area contributed by atoms with E-state index in [-0.39, 0.29) is 6.10 Å². The van der Waals surface area contributed by atoms with Gasteiger partial charge >= 0.3 is 0 Å². The number of hydrogen-bond acceptors (Lipinski definition) is 3. The molecule has 1 atom stereocenters. The fourth-order valence-corrected chi connectivity index (χ4v) is 1.38. The molecule has 0 aliphatic carbocycles. The van der Waals surface area contributed by atoms with E-state index in [1.165, 1.54) is 0 Å². The van der Waals surface area contributed by atoms with Crippen LogP contribution in [0.3, 0.4) is 0 Å². The van der Waals surface area contributed by atoms with Crippen LogP contribution < -0.4 is 10.1 Å². The highest BCUT2D eigenvalue weighted by Crippen LogP contribution is 2.18. The van der Waals surface area contributed by atoms with Crippen LogP contribution in [-0.4, -0.2) is 17.6 Å². The van der Waals surface area contributed by atoms with Crippen LogP contribution in [0.4, 0.5) is 0 Å². The standard InChI is InChI=1S/C14H24N2O/c1-5-8-15-10-13-7-6-9-16-14(13)17-12(4)11(2)3/h6-7,9,11-12,15H,5,8,10H2,1-4H3. The molecule has 0 radical (unpaired) electrons. The maximum atomic E-state index is 5.89. The summed E-state index contributed by atoms with van der Waals surface area (Å²) in [6.45, 7) is 10.4. The zero-order valence-electron chi connectivity index (χ0n) is 11.4. The summed E-state index contributed by atoms with van der Waals surface area (Å²) in [7, 11) is 0. The first-order valence-corrected chi connectivity index (χ1v) is 6.46. The molecule has 0 aliphatic rings. The van der Waals surface area contributed by atoms with Crippen LogP contribution in [0.2, 0.25) is 0 Å². The van der Waals surface area contributed by atoms with Gasteiger partial charge in [0.05, 0.1) is 6.10 Å². The van der Waals surface area contributed by atoms with E-state index in [0.29, 0.717) is 5.92 Å². The van der Waals surface area contributed by atoms with Crippen molar-refractivity contribution in [3.05, 3.63) is 23.9 Å². The molecule has 96 valence electrons. The molecular formula is C14H24N2O. The summed E-state index contributed by atoms with van der Waals surface area (Å²) in [5, 5.41) is 3.37. The van der Waals surface area contributed by atoms with E-state index >= 15 is 0 Å². The van der Waals surface area contributed by atoms with Gasteiger partial charge in [0.25, 0.3) is 0 Å². The molecule has 3 nitrogen and oxygen atoms in total. The van der Waals surface area contributed by atoms with Crippen molar-refractivity contribution in [2.45, 2.75) is 46.8 Å². The minimum absolute atomic E-state index is 0.190. The Morgan fingerprint density at radius 3 is 2.76 bits per heavy atom. The second-order valence-electron chi connectivity index (χ2n) is 4.71. The monoisotopic (exact) mass is 236 g/mol. The predicted molar refractivity (Wildman–Crippen MR) is 71.2 cm³/mol. The Labute approximate surface area is 105 Å². The molecule has 0 aliphatic heterocycles. The second-order valence-corrected chi connectivity index (χ2v) is 4.71. The maximum Gasteiger partial charge on any atom is 0.218 e. The van der Waals surface area contributed by atoms with Gasteiger partial charge in [0.15, 0.2) is 0 Å². The van der Waals surface area contributed by atoms with Crippen LogP contribution in [0.5, 0.6) is 5.88 Å².